The van der Waals surface area contributed by atoms with Crippen molar-refractivity contribution in [1.29, 1.82) is 0 Å². The van der Waals surface area contributed by atoms with E-state index in [4.69, 9.17) is 4.74 Å². The highest BCUT2D eigenvalue weighted by atomic mass is 16.5. The van der Waals surface area contributed by atoms with Gasteiger partial charge in [-0.25, -0.2) is 0 Å². The number of hydrogen-bond donors (Lipinski definition) is 0. The van der Waals surface area contributed by atoms with Crippen molar-refractivity contribution >= 4 is 11.9 Å². The number of methoxy groups -OCH3 is 1. The Balaban J connectivity index is 2.50. The molecular weight excluding hydrogens is 248 g/mol. The summed E-state index contributed by atoms with van der Waals surface area (Å²) in [4.78, 5) is 12.5. The first-order chi connectivity index (χ1) is 9.24. The van der Waals surface area contributed by atoms with E-state index < -0.39 is 0 Å². The first-order valence-corrected chi connectivity index (χ1v) is 7.22. The molecule has 0 atom stereocenters. The second kappa shape index (κ2) is 5.08. The van der Waals surface area contributed by atoms with Gasteiger partial charge in [-0.15, -0.1) is 0 Å². The SMILES string of the molecule is COc1cc2c(cc1C(C)(C)C)C(=O)C(CC(C)C)=C2. The largest absolute Gasteiger partial charge is 0.496 e. The molecular formula is C18H24O2. The quantitative estimate of drug-likeness (QED) is 0.802. The summed E-state index contributed by atoms with van der Waals surface area (Å²) in [6.07, 6.45) is 2.85. The van der Waals surface area contributed by atoms with Crippen molar-refractivity contribution in [1.82, 2.24) is 0 Å². The minimum absolute atomic E-state index is 0.0402. The minimum Gasteiger partial charge on any atom is -0.496 e. The van der Waals surface area contributed by atoms with Crippen molar-refractivity contribution in [3.05, 3.63) is 34.4 Å². The van der Waals surface area contributed by atoms with Crippen LogP contribution in [0.15, 0.2) is 17.7 Å². The lowest BCUT2D eigenvalue weighted by molar-refractivity contribution is 0.103. The van der Waals surface area contributed by atoms with Gasteiger partial charge in [0.25, 0.3) is 0 Å². The van der Waals surface area contributed by atoms with E-state index in [1.807, 2.05) is 18.2 Å². The Labute approximate surface area is 121 Å². The van der Waals surface area contributed by atoms with Gasteiger partial charge in [-0.3, -0.25) is 4.79 Å². The van der Waals surface area contributed by atoms with Gasteiger partial charge in [-0.05, 0) is 41.5 Å². The van der Waals surface area contributed by atoms with Crippen LogP contribution in [0.25, 0.3) is 6.08 Å². The summed E-state index contributed by atoms with van der Waals surface area (Å²) in [5, 5.41) is 0. The summed E-state index contributed by atoms with van der Waals surface area (Å²) >= 11 is 0. The zero-order chi connectivity index (χ0) is 15.1. The van der Waals surface area contributed by atoms with E-state index in [2.05, 4.69) is 34.6 Å². The molecule has 0 unspecified atom stereocenters. The summed E-state index contributed by atoms with van der Waals surface area (Å²) in [5.41, 5.74) is 3.79. The van der Waals surface area contributed by atoms with E-state index in [0.717, 1.165) is 34.4 Å². The molecule has 0 saturated heterocycles. The number of hydrogen-bond acceptors (Lipinski definition) is 2. The maximum atomic E-state index is 12.5. The molecule has 20 heavy (non-hydrogen) atoms. The Hall–Kier alpha value is -1.57. The molecule has 108 valence electrons. The van der Waals surface area contributed by atoms with Gasteiger partial charge in [0.1, 0.15) is 5.75 Å². The molecule has 0 N–H and O–H groups in total. The van der Waals surface area contributed by atoms with Crippen molar-refractivity contribution < 1.29 is 9.53 Å². The average Bonchev–Trinajstić information content (AvgIpc) is 2.62. The molecule has 0 radical (unpaired) electrons. The fraction of sp³-hybridized carbons (Fsp3) is 0.500. The number of fused-ring (bicyclic) bond motifs is 1. The maximum absolute atomic E-state index is 12.5. The van der Waals surface area contributed by atoms with Crippen LogP contribution in [0.5, 0.6) is 5.75 Å². The first kappa shape index (κ1) is 14.8. The van der Waals surface area contributed by atoms with Gasteiger partial charge in [0.15, 0.2) is 5.78 Å². The lowest BCUT2D eigenvalue weighted by Crippen LogP contribution is -2.14. The molecule has 0 aliphatic heterocycles. The molecule has 1 aliphatic carbocycles. The standard InChI is InChI=1S/C18H24O2/c1-11(2)7-13-8-12-9-16(20-6)15(18(3,4)5)10-14(12)17(13)19/h8-11H,7H2,1-6H3. The third-order valence-corrected chi connectivity index (χ3v) is 3.67. The number of Topliss-reactive ketones (excluding diaryl/α,β-unsaturated/α-hetero) is 1. The number of carbonyl (C=O) groups is 1. The Morgan fingerprint density at radius 2 is 1.85 bits per heavy atom. The molecule has 1 aliphatic rings. The number of allylic oxidation sites excluding steroid dienone is 1. The van der Waals surface area contributed by atoms with Gasteiger partial charge in [-0.1, -0.05) is 34.6 Å². The highest BCUT2D eigenvalue weighted by Gasteiger charge is 2.28. The van der Waals surface area contributed by atoms with E-state index in [1.165, 1.54) is 0 Å². The van der Waals surface area contributed by atoms with Crippen molar-refractivity contribution in [2.75, 3.05) is 7.11 Å². The molecule has 0 fully saturated rings. The highest BCUT2D eigenvalue weighted by Crippen LogP contribution is 2.38. The lowest BCUT2D eigenvalue weighted by Gasteiger charge is -2.23. The Morgan fingerprint density at radius 1 is 1.20 bits per heavy atom. The summed E-state index contributed by atoms with van der Waals surface area (Å²) < 4.78 is 5.51. The summed E-state index contributed by atoms with van der Waals surface area (Å²) in [5.74, 6) is 1.54. The number of carbonyl (C=O) groups excluding carboxylic acids is 1. The zero-order valence-corrected chi connectivity index (χ0v) is 13.3. The molecule has 0 amide bonds. The lowest BCUT2D eigenvalue weighted by atomic mass is 9.84. The van der Waals surface area contributed by atoms with Crippen LogP contribution in [0.1, 0.15) is 62.5 Å². The monoisotopic (exact) mass is 272 g/mol. The van der Waals surface area contributed by atoms with Crippen LogP contribution in [0.3, 0.4) is 0 Å². The number of rotatable bonds is 3. The van der Waals surface area contributed by atoms with Crippen LogP contribution < -0.4 is 4.74 Å². The molecule has 0 bridgehead atoms. The topological polar surface area (TPSA) is 26.3 Å². The van der Waals surface area contributed by atoms with Crippen molar-refractivity contribution in [3.8, 4) is 5.75 Å². The van der Waals surface area contributed by atoms with Crippen molar-refractivity contribution in [2.45, 2.75) is 46.5 Å². The van der Waals surface area contributed by atoms with Crippen LogP contribution in [-0.4, -0.2) is 12.9 Å². The van der Waals surface area contributed by atoms with Crippen LogP contribution in [0, 0.1) is 5.92 Å². The molecule has 1 aromatic carbocycles. The second-order valence-electron chi connectivity index (χ2n) is 6.99. The predicted octanol–water partition coefficient (Wildman–Crippen LogP) is 4.62. The minimum atomic E-state index is -0.0402. The average molecular weight is 272 g/mol. The molecule has 1 aromatic rings. The molecule has 0 saturated carbocycles. The van der Waals surface area contributed by atoms with Gasteiger partial charge >= 0.3 is 0 Å². The molecule has 0 heterocycles. The van der Waals surface area contributed by atoms with E-state index >= 15 is 0 Å². The summed E-state index contributed by atoms with van der Waals surface area (Å²) in [7, 11) is 1.69. The first-order valence-electron chi connectivity index (χ1n) is 7.22. The van der Waals surface area contributed by atoms with E-state index in [0.29, 0.717) is 5.92 Å². The second-order valence-corrected chi connectivity index (χ2v) is 6.99. The van der Waals surface area contributed by atoms with Crippen LogP contribution in [0.4, 0.5) is 0 Å². The summed E-state index contributed by atoms with van der Waals surface area (Å²) in [6, 6.07) is 4.02. The van der Waals surface area contributed by atoms with Crippen LogP contribution in [0.2, 0.25) is 0 Å². The predicted molar refractivity (Wildman–Crippen MR) is 83.5 cm³/mol. The molecule has 0 spiro atoms. The highest BCUT2D eigenvalue weighted by molar-refractivity contribution is 6.18. The van der Waals surface area contributed by atoms with E-state index in [9.17, 15) is 4.79 Å². The third kappa shape index (κ3) is 2.65. The smallest absolute Gasteiger partial charge is 0.189 e. The van der Waals surface area contributed by atoms with Crippen LogP contribution >= 0.6 is 0 Å². The molecule has 2 nitrogen and oxygen atoms in total. The van der Waals surface area contributed by atoms with E-state index in [1.54, 1.807) is 7.11 Å². The Kier molecular flexibility index (Phi) is 3.77. The van der Waals surface area contributed by atoms with Gasteiger partial charge in [0, 0.05) is 16.7 Å². The van der Waals surface area contributed by atoms with Crippen molar-refractivity contribution in [3.63, 3.8) is 0 Å². The molecule has 0 aromatic heterocycles. The van der Waals surface area contributed by atoms with Gasteiger partial charge in [0.2, 0.25) is 0 Å². The van der Waals surface area contributed by atoms with Gasteiger partial charge in [0.05, 0.1) is 7.11 Å². The fourth-order valence-electron chi connectivity index (χ4n) is 2.68. The molecule has 2 heteroatoms. The Bertz CT molecular complexity index is 572. The van der Waals surface area contributed by atoms with E-state index in [-0.39, 0.29) is 11.2 Å². The maximum Gasteiger partial charge on any atom is 0.189 e. The third-order valence-electron chi connectivity index (χ3n) is 3.67. The number of ketones is 1. The number of ether oxygens (including phenoxy) is 1. The Morgan fingerprint density at radius 3 is 2.35 bits per heavy atom. The number of benzene rings is 1. The zero-order valence-electron chi connectivity index (χ0n) is 13.3. The molecule has 2 rings (SSSR count). The van der Waals surface area contributed by atoms with Crippen molar-refractivity contribution in [2.24, 2.45) is 5.92 Å². The van der Waals surface area contributed by atoms with Crippen LogP contribution in [-0.2, 0) is 5.41 Å². The van der Waals surface area contributed by atoms with Gasteiger partial charge in [-0.2, -0.15) is 0 Å². The van der Waals surface area contributed by atoms with Gasteiger partial charge < -0.3 is 4.74 Å². The normalized spacial score (nSPS) is 14.6. The fourth-order valence-corrected chi connectivity index (χ4v) is 2.68. The summed E-state index contributed by atoms with van der Waals surface area (Å²) in [6.45, 7) is 10.7.